The van der Waals surface area contributed by atoms with E-state index in [4.69, 9.17) is 0 Å². The highest BCUT2D eigenvalue weighted by Crippen LogP contribution is 2.20. The summed E-state index contributed by atoms with van der Waals surface area (Å²) in [5.41, 5.74) is 2.12. The molecule has 5 nitrogen and oxygen atoms in total. The first-order valence-corrected chi connectivity index (χ1v) is 9.15. The van der Waals surface area contributed by atoms with Crippen LogP contribution in [-0.4, -0.2) is 36.3 Å². The number of piperidine rings is 1. The quantitative estimate of drug-likeness (QED) is 0.849. The van der Waals surface area contributed by atoms with E-state index in [1.54, 1.807) is 6.07 Å². The second-order valence-electron chi connectivity index (χ2n) is 6.91. The number of hydrogen-bond donors (Lipinski definition) is 2. The first-order valence-electron chi connectivity index (χ1n) is 9.15. The smallest absolute Gasteiger partial charge is 0.238 e. The van der Waals surface area contributed by atoms with Crippen molar-refractivity contribution < 1.29 is 14.0 Å². The van der Waals surface area contributed by atoms with Crippen LogP contribution in [0.1, 0.15) is 18.4 Å². The fourth-order valence-corrected chi connectivity index (χ4v) is 3.24. The number of hydrogen-bond acceptors (Lipinski definition) is 3. The Morgan fingerprint density at radius 3 is 2.48 bits per heavy atom. The summed E-state index contributed by atoms with van der Waals surface area (Å²) in [4.78, 5) is 26.6. The average Bonchev–Trinajstić information content (AvgIpc) is 2.66. The standard InChI is InChI=1S/C21H24FN3O2/c1-15-7-8-17(22)13-19(15)24-20(26)14-25-11-9-16(10-12-25)21(27)23-18-5-3-2-4-6-18/h2-8,13,16H,9-12,14H2,1H3,(H,23,27)(H,24,26). The zero-order valence-electron chi connectivity index (χ0n) is 15.4. The van der Waals surface area contributed by atoms with Crippen molar-refractivity contribution in [1.82, 2.24) is 4.90 Å². The van der Waals surface area contributed by atoms with Gasteiger partial charge in [0, 0.05) is 17.3 Å². The van der Waals surface area contributed by atoms with Gasteiger partial charge in [-0.05, 0) is 62.7 Å². The van der Waals surface area contributed by atoms with E-state index in [1.165, 1.54) is 12.1 Å². The van der Waals surface area contributed by atoms with Crippen molar-refractivity contribution in [2.75, 3.05) is 30.3 Å². The monoisotopic (exact) mass is 369 g/mol. The van der Waals surface area contributed by atoms with Crippen molar-refractivity contribution in [1.29, 1.82) is 0 Å². The Morgan fingerprint density at radius 1 is 1.07 bits per heavy atom. The molecule has 1 fully saturated rings. The second-order valence-corrected chi connectivity index (χ2v) is 6.91. The molecule has 142 valence electrons. The largest absolute Gasteiger partial charge is 0.326 e. The molecule has 2 N–H and O–H groups in total. The lowest BCUT2D eigenvalue weighted by molar-refractivity contribution is -0.121. The Labute approximate surface area is 158 Å². The zero-order chi connectivity index (χ0) is 19.2. The molecular formula is C21H24FN3O2. The van der Waals surface area contributed by atoms with Gasteiger partial charge in [0.1, 0.15) is 5.82 Å². The fourth-order valence-electron chi connectivity index (χ4n) is 3.24. The molecule has 0 saturated carbocycles. The summed E-state index contributed by atoms with van der Waals surface area (Å²) in [6.07, 6.45) is 1.43. The van der Waals surface area contributed by atoms with Crippen molar-refractivity contribution >= 4 is 23.2 Å². The molecule has 0 radical (unpaired) electrons. The van der Waals surface area contributed by atoms with E-state index in [9.17, 15) is 14.0 Å². The highest BCUT2D eigenvalue weighted by atomic mass is 19.1. The summed E-state index contributed by atoms with van der Waals surface area (Å²) >= 11 is 0. The third-order valence-electron chi connectivity index (χ3n) is 4.84. The number of carbonyl (C=O) groups excluding carboxylic acids is 2. The highest BCUT2D eigenvalue weighted by molar-refractivity contribution is 5.93. The van der Waals surface area contributed by atoms with Crippen LogP contribution in [0.25, 0.3) is 0 Å². The molecule has 0 aliphatic carbocycles. The zero-order valence-corrected chi connectivity index (χ0v) is 15.4. The number of rotatable bonds is 5. The van der Waals surface area contributed by atoms with Gasteiger partial charge in [-0.1, -0.05) is 24.3 Å². The lowest BCUT2D eigenvalue weighted by atomic mass is 9.96. The van der Waals surface area contributed by atoms with E-state index < -0.39 is 0 Å². The van der Waals surface area contributed by atoms with Gasteiger partial charge in [-0.15, -0.1) is 0 Å². The van der Waals surface area contributed by atoms with Crippen molar-refractivity contribution in [3.8, 4) is 0 Å². The molecule has 2 amide bonds. The molecule has 2 aromatic carbocycles. The maximum atomic E-state index is 13.3. The normalized spacial score (nSPS) is 15.3. The van der Waals surface area contributed by atoms with Crippen LogP contribution < -0.4 is 10.6 Å². The van der Waals surface area contributed by atoms with Gasteiger partial charge < -0.3 is 10.6 Å². The van der Waals surface area contributed by atoms with Crippen molar-refractivity contribution in [2.45, 2.75) is 19.8 Å². The minimum atomic E-state index is -0.374. The molecule has 1 aliphatic rings. The van der Waals surface area contributed by atoms with Gasteiger partial charge >= 0.3 is 0 Å². The molecule has 27 heavy (non-hydrogen) atoms. The molecule has 3 rings (SSSR count). The lowest BCUT2D eigenvalue weighted by Gasteiger charge is -2.30. The number of halogens is 1. The van der Waals surface area contributed by atoms with Crippen LogP contribution in [0, 0.1) is 18.7 Å². The van der Waals surface area contributed by atoms with Crippen LogP contribution in [0.2, 0.25) is 0 Å². The Hall–Kier alpha value is -2.73. The first kappa shape index (κ1) is 19.0. The van der Waals surface area contributed by atoms with Crippen LogP contribution in [-0.2, 0) is 9.59 Å². The molecule has 2 aromatic rings. The molecule has 1 heterocycles. The van der Waals surface area contributed by atoms with E-state index in [1.807, 2.05) is 42.2 Å². The first-order chi connectivity index (χ1) is 13.0. The van der Waals surface area contributed by atoms with E-state index in [-0.39, 0.29) is 30.1 Å². The third kappa shape index (κ3) is 5.37. The summed E-state index contributed by atoms with van der Waals surface area (Å²) in [5, 5.41) is 5.70. The Kier molecular flexibility index (Phi) is 6.19. The number of benzene rings is 2. The molecule has 0 atom stereocenters. The van der Waals surface area contributed by atoms with Crippen LogP contribution >= 0.6 is 0 Å². The summed E-state index contributed by atoms with van der Waals surface area (Å²) in [6, 6.07) is 13.8. The molecule has 6 heteroatoms. The molecule has 0 unspecified atom stereocenters. The minimum Gasteiger partial charge on any atom is -0.326 e. The van der Waals surface area contributed by atoms with E-state index in [2.05, 4.69) is 10.6 Å². The predicted octanol–water partition coefficient (Wildman–Crippen LogP) is 3.42. The van der Waals surface area contributed by atoms with Gasteiger partial charge in [0.2, 0.25) is 11.8 Å². The van der Waals surface area contributed by atoms with Gasteiger partial charge in [0.05, 0.1) is 6.54 Å². The average molecular weight is 369 g/mol. The molecule has 1 saturated heterocycles. The molecule has 0 spiro atoms. The van der Waals surface area contributed by atoms with E-state index >= 15 is 0 Å². The summed E-state index contributed by atoms with van der Waals surface area (Å²) < 4.78 is 13.3. The number of carbonyl (C=O) groups is 2. The Bertz CT molecular complexity index is 802. The van der Waals surface area contributed by atoms with Gasteiger partial charge in [-0.3, -0.25) is 14.5 Å². The second kappa shape index (κ2) is 8.77. The van der Waals surface area contributed by atoms with Crippen molar-refractivity contribution in [3.05, 3.63) is 59.9 Å². The number of nitrogens with one attached hydrogen (secondary N) is 2. The molecule has 1 aliphatic heterocycles. The van der Waals surface area contributed by atoms with Crippen molar-refractivity contribution in [3.63, 3.8) is 0 Å². The SMILES string of the molecule is Cc1ccc(F)cc1NC(=O)CN1CCC(C(=O)Nc2ccccc2)CC1. The Balaban J connectivity index is 1.45. The predicted molar refractivity (Wildman–Crippen MR) is 104 cm³/mol. The van der Waals surface area contributed by atoms with E-state index in [0.717, 1.165) is 11.3 Å². The topological polar surface area (TPSA) is 61.4 Å². The summed E-state index contributed by atoms with van der Waals surface area (Å²) in [5.74, 6) is -0.562. The number of likely N-dealkylation sites (tertiary alicyclic amines) is 1. The number of nitrogens with zero attached hydrogens (tertiary/aromatic N) is 1. The molecular weight excluding hydrogens is 345 g/mol. The minimum absolute atomic E-state index is 0.0284. The summed E-state index contributed by atoms with van der Waals surface area (Å²) in [6.45, 7) is 3.43. The number of amides is 2. The molecule has 0 bridgehead atoms. The number of anilines is 2. The van der Waals surface area contributed by atoms with Crippen LogP contribution in [0.15, 0.2) is 48.5 Å². The van der Waals surface area contributed by atoms with Crippen LogP contribution in [0.5, 0.6) is 0 Å². The fraction of sp³-hybridized carbons (Fsp3) is 0.333. The van der Waals surface area contributed by atoms with Gasteiger partial charge in [0.25, 0.3) is 0 Å². The van der Waals surface area contributed by atoms with Crippen LogP contribution in [0.4, 0.5) is 15.8 Å². The van der Waals surface area contributed by atoms with E-state index in [0.29, 0.717) is 31.6 Å². The van der Waals surface area contributed by atoms with Gasteiger partial charge in [-0.25, -0.2) is 4.39 Å². The maximum Gasteiger partial charge on any atom is 0.238 e. The Morgan fingerprint density at radius 2 is 1.78 bits per heavy atom. The number of aryl methyl sites for hydroxylation is 1. The number of para-hydroxylation sites is 1. The highest BCUT2D eigenvalue weighted by Gasteiger charge is 2.26. The van der Waals surface area contributed by atoms with Gasteiger partial charge in [-0.2, -0.15) is 0 Å². The van der Waals surface area contributed by atoms with Crippen molar-refractivity contribution in [2.24, 2.45) is 5.92 Å². The van der Waals surface area contributed by atoms with Crippen LogP contribution in [0.3, 0.4) is 0 Å². The summed E-state index contributed by atoms with van der Waals surface area (Å²) in [7, 11) is 0. The lowest BCUT2D eigenvalue weighted by Crippen LogP contribution is -2.41. The third-order valence-corrected chi connectivity index (χ3v) is 4.84. The van der Waals surface area contributed by atoms with Gasteiger partial charge in [0.15, 0.2) is 0 Å². The maximum absolute atomic E-state index is 13.3. The molecule has 0 aromatic heterocycles.